The number of thioether (sulfide) groups is 2. The molecule has 1 N–H and O–H groups in total. The molecule has 0 aliphatic heterocycles. The fourth-order valence-corrected chi connectivity index (χ4v) is 3.41. The van der Waals surface area contributed by atoms with E-state index >= 15 is 0 Å². The molecule has 0 amide bonds. The monoisotopic (exact) mass is 298 g/mol. The van der Waals surface area contributed by atoms with Gasteiger partial charge in [0.05, 0.1) is 0 Å². The summed E-state index contributed by atoms with van der Waals surface area (Å²) in [7, 11) is 0. The smallest absolute Gasteiger partial charge is 0.176 e. The molecule has 0 radical (unpaired) electrons. The quantitative estimate of drug-likeness (QED) is 0.481. The van der Waals surface area contributed by atoms with Gasteiger partial charge in [-0.05, 0) is 6.26 Å². The van der Waals surface area contributed by atoms with Crippen LogP contribution in [0.25, 0.3) is 10.3 Å². The Bertz CT molecular complexity index is 526. The van der Waals surface area contributed by atoms with Crippen LogP contribution >= 0.6 is 34.9 Å². The first-order chi connectivity index (χ1) is 8.85. The van der Waals surface area contributed by atoms with E-state index in [0.717, 1.165) is 38.6 Å². The SMILES string of the molecule is C=CCSCCNc1ncnc2nc(SC)sc12. The number of anilines is 1. The van der Waals surface area contributed by atoms with Gasteiger partial charge in [0, 0.05) is 18.1 Å². The summed E-state index contributed by atoms with van der Waals surface area (Å²) in [5.41, 5.74) is 0.778. The van der Waals surface area contributed by atoms with Crippen molar-refractivity contribution in [3.05, 3.63) is 19.0 Å². The molecule has 0 saturated heterocycles. The highest BCUT2D eigenvalue weighted by molar-refractivity contribution is 8.00. The molecule has 18 heavy (non-hydrogen) atoms. The van der Waals surface area contributed by atoms with Crippen molar-refractivity contribution in [2.75, 3.05) is 29.6 Å². The summed E-state index contributed by atoms with van der Waals surface area (Å²) in [5, 5.41) is 3.34. The van der Waals surface area contributed by atoms with Gasteiger partial charge in [-0.1, -0.05) is 17.8 Å². The summed E-state index contributed by atoms with van der Waals surface area (Å²) in [6.07, 6.45) is 5.50. The predicted molar refractivity (Wildman–Crippen MR) is 83.0 cm³/mol. The molecule has 0 fully saturated rings. The number of aromatic nitrogens is 3. The molecular formula is C11H14N4S3. The van der Waals surface area contributed by atoms with Crippen molar-refractivity contribution in [2.45, 2.75) is 4.34 Å². The molecule has 0 aromatic carbocycles. The van der Waals surface area contributed by atoms with Gasteiger partial charge in [0.2, 0.25) is 0 Å². The summed E-state index contributed by atoms with van der Waals surface area (Å²) in [4.78, 5) is 12.9. The number of rotatable bonds is 7. The molecular weight excluding hydrogens is 284 g/mol. The van der Waals surface area contributed by atoms with E-state index in [1.54, 1.807) is 29.4 Å². The molecule has 96 valence electrons. The fraction of sp³-hybridized carbons (Fsp3) is 0.364. The Kier molecular flexibility index (Phi) is 5.27. The van der Waals surface area contributed by atoms with E-state index in [-0.39, 0.29) is 0 Å². The van der Waals surface area contributed by atoms with E-state index in [1.165, 1.54) is 0 Å². The van der Waals surface area contributed by atoms with Gasteiger partial charge in [-0.15, -0.1) is 17.9 Å². The maximum Gasteiger partial charge on any atom is 0.176 e. The highest BCUT2D eigenvalue weighted by atomic mass is 32.2. The number of thiazole rings is 1. The lowest BCUT2D eigenvalue weighted by Crippen LogP contribution is -2.06. The fourth-order valence-electron chi connectivity index (χ4n) is 1.36. The Balaban J connectivity index is 2.03. The zero-order valence-electron chi connectivity index (χ0n) is 10.0. The second kappa shape index (κ2) is 6.96. The molecule has 0 saturated carbocycles. The molecule has 0 aliphatic rings. The van der Waals surface area contributed by atoms with Crippen molar-refractivity contribution >= 4 is 51.0 Å². The van der Waals surface area contributed by atoms with Crippen LogP contribution in [0.1, 0.15) is 0 Å². The summed E-state index contributed by atoms with van der Waals surface area (Å²) in [6, 6.07) is 0. The Labute approximate surface area is 119 Å². The minimum Gasteiger partial charge on any atom is -0.368 e. The first-order valence-electron chi connectivity index (χ1n) is 5.43. The Morgan fingerprint density at radius 1 is 1.50 bits per heavy atom. The molecule has 2 aromatic rings. The third-order valence-corrected chi connectivity index (χ3v) is 5.12. The maximum atomic E-state index is 4.42. The summed E-state index contributed by atoms with van der Waals surface area (Å²) in [6.45, 7) is 4.58. The van der Waals surface area contributed by atoms with Crippen LogP contribution in [0, 0.1) is 0 Å². The van der Waals surface area contributed by atoms with Gasteiger partial charge in [0.25, 0.3) is 0 Å². The zero-order valence-corrected chi connectivity index (χ0v) is 12.5. The number of nitrogens with zero attached hydrogens (tertiary/aromatic N) is 3. The Morgan fingerprint density at radius 2 is 2.39 bits per heavy atom. The number of fused-ring (bicyclic) bond motifs is 1. The van der Waals surface area contributed by atoms with Crippen molar-refractivity contribution in [1.29, 1.82) is 0 Å². The molecule has 4 nitrogen and oxygen atoms in total. The Hall–Kier alpha value is -0.790. The lowest BCUT2D eigenvalue weighted by molar-refractivity contribution is 1.13. The molecule has 7 heteroatoms. The summed E-state index contributed by atoms with van der Waals surface area (Å²) in [5.74, 6) is 2.90. The highest BCUT2D eigenvalue weighted by Gasteiger charge is 2.09. The van der Waals surface area contributed by atoms with Crippen LogP contribution < -0.4 is 5.32 Å². The molecule has 0 unspecified atom stereocenters. The molecule has 0 bridgehead atoms. The van der Waals surface area contributed by atoms with Crippen LogP contribution in [0.4, 0.5) is 5.82 Å². The summed E-state index contributed by atoms with van der Waals surface area (Å²) >= 11 is 5.12. The predicted octanol–water partition coefficient (Wildman–Crippen LogP) is 3.14. The highest BCUT2D eigenvalue weighted by Crippen LogP contribution is 2.30. The molecule has 2 aromatic heterocycles. The van der Waals surface area contributed by atoms with Crippen molar-refractivity contribution in [1.82, 2.24) is 15.0 Å². The zero-order chi connectivity index (χ0) is 12.8. The van der Waals surface area contributed by atoms with Gasteiger partial charge < -0.3 is 5.32 Å². The Morgan fingerprint density at radius 3 is 3.17 bits per heavy atom. The third-order valence-electron chi connectivity index (χ3n) is 2.12. The van der Waals surface area contributed by atoms with E-state index in [9.17, 15) is 0 Å². The van der Waals surface area contributed by atoms with Crippen LogP contribution in [-0.2, 0) is 0 Å². The first-order valence-corrected chi connectivity index (χ1v) is 8.62. The average molecular weight is 298 g/mol. The van der Waals surface area contributed by atoms with E-state index in [2.05, 4.69) is 26.8 Å². The van der Waals surface area contributed by atoms with Gasteiger partial charge in [0.15, 0.2) is 9.99 Å². The maximum absolute atomic E-state index is 4.42. The van der Waals surface area contributed by atoms with Crippen LogP contribution in [0.5, 0.6) is 0 Å². The van der Waals surface area contributed by atoms with Gasteiger partial charge >= 0.3 is 0 Å². The van der Waals surface area contributed by atoms with E-state index in [4.69, 9.17) is 0 Å². The first kappa shape index (κ1) is 13.6. The second-order valence-electron chi connectivity index (χ2n) is 3.35. The normalized spacial score (nSPS) is 10.7. The average Bonchev–Trinajstić information content (AvgIpc) is 2.82. The van der Waals surface area contributed by atoms with Crippen LogP contribution in [0.15, 0.2) is 23.3 Å². The molecule has 0 spiro atoms. The van der Waals surface area contributed by atoms with Gasteiger partial charge in [-0.2, -0.15) is 11.8 Å². The third kappa shape index (κ3) is 3.37. The number of hydrogen-bond donors (Lipinski definition) is 1. The lowest BCUT2D eigenvalue weighted by Gasteiger charge is -2.04. The van der Waals surface area contributed by atoms with Crippen molar-refractivity contribution < 1.29 is 0 Å². The summed E-state index contributed by atoms with van der Waals surface area (Å²) < 4.78 is 2.06. The van der Waals surface area contributed by atoms with Gasteiger partial charge in [-0.3, -0.25) is 0 Å². The van der Waals surface area contributed by atoms with Crippen LogP contribution in [0.2, 0.25) is 0 Å². The van der Waals surface area contributed by atoms with E-state index in [1.807, 2.05) is 24.1 Å². The van der Waals surface area contributed by atoms with E-state index < -0.39 is 0 Å². The van der Waals surface area contributed by atoms with Crippen molar-refractivity contribution in [3.63, 3.8) is 0 Å². The van der Waals surface area contributed by atoms with E-state index in [0.29, 0.717) is 0 Å². The lowest BCUT2D eigenvalue weighted by atomic mass is 10.5. The number of hydrogen-bond acceptors (Lipinski definition) is 7. The van der Waals surface area contributed by atoms with Gasteiger partial charge in [-0.25, -0.2) is 15.0 Å². The van der Waals surface area contributed by atoms with Gasteiger partial charge in [0.1, 0.15) is 16.8 Å². The largest absolute Gasteiger partial charge is 0.368 e. The minimum absolute atomic E-state index is 0.778. The molecule has 2 rings (SSSR count). The molecule has 2 heterocycles. The topological polar surface area (TPSA) is 50.7 Å². The van der Waals surface area contributed by atoms with Crippen molar-refractivity contribution in [2.24, 2.45) is 0 Å². The van der Waals surface area contributed by atoms with Crippen LogP contribution in [-0.4, -0.2) is 39.3 Å². The minimum atomic E-state index is 0.778. The molecule has 0 aliphatic carbocycles. The molecule has 0 atom stereocenters. The van der Waals surface area contributed by atoms with Crippen molar-refractivity contribution in [3.8, 4) is 0 Å². The second-order valence-corrected chi connectivity index (χ2v) is 6.55. The standard InChI is InChI=1S/C11H14N4S3/c1-3-5-17-6-4-12-9-8-10(14-7-13-9)15-11(16-2)18-8/h3,7H,1,4-6H2,2H3,(H,12,13,14). The number of nitrogens with one attached hydrogen (secondary N) is 1. The van der Waals surface area contributed by atoms with Crippen LogP contribution in [0.3, 0.4) is 0 Å².